The average molecular weight is 275 g/mol. The summed E-state index contributed by atoms with van der Waals surface area (Å²) in [6.07, 6.45) is 8.02. The predicted molar refractivity (Wildman–Crippen MR) is 90.2 cm³/mol. The van der Waals surface area contributed by atoms with E-state index in [2.05, 4.69) is 57.4 Å². The van der Waals surface area contributed by atoms with Gasteiger partial charge >= 0.3 is 0 Å². The molecule has 1 rings (SSSR count). The van der Waals surface area contributed by atoms with Crippen LogP contribution < -0.4 is 5.32 Å². The van der Waals surface area contributed by atoms with Gasteiger partial charge in [-0.1, -0.05) is 63.8 Å². The molecule has 0 saturated heterocycles. The van der Waals surface area contributed by atoms with Crippen molar-refractivity contribution in [2.24, 2.45) is 11.8 Å². The predicted octanol–water partition coefficient (Wildman–Crippen LogP) is 4.98. The molecule has 0 aliphatic heterocycles. The number of hydrogen-bond acceptors (Lipinski definition) is 1. The molecule has 0 radical (unpaired) electrons. The van der Waals surface area contributed by atoms with Gasteiger partial charge in [0.25, 0.3) is 0 Å². The van der Waals surface area contributed by atoms with Crippen molar-refractivity contribution in [2.45, 2.75) is 59.3 Å². The van der Waals surface area contributed by atoms with E-state index in [-0.39, 0.29) is 0 Å². The molecule has 0 bridgehead atoms. The summed E-state index contributed by atoms with van der Waals surface area (Å²) in [7, 11) is 2.08. The number of nitrogens with one attached hydrogen (secondary N) is 1. The molecule has 0 heterocycles. The molecule has 2 unspecified atom stereocenters. The summed E-state index contributed by atoms with van der Waals surface area (Å²) in [5.41, 5.74) is 2.97. The van der Waals surface area contributed by atoms with Crippen molar-refractivity contribution in [1.29, 1.82) is 0 Å². The van der Waals surface area contributed by atoms with Gasteiger partial charge in [-0.25, -0.2) is 0 Å². The Hall–Kier alpha value is -0.820. The third kappa shape index (κ3) is 6.09. The molecule has 0 spiro atoms. The summed E-state index contributed by atoms with van der Waals surface area (Å²) < 4.78 is 0. The molecule has 0 aromatic heterocycles. The minimum absolute atomic E-state index is 0.767. The fourth-order valence-electron chi connectivity index (χ4n) is 3.13. The third-order valence-electron chi connectivity index (χ3n) is 4.47. The minimum atomic E-state index is 0.767. The molecule has 0 fully saturated rings. The topological polar surface area (TPSA) is 12.0 Å². The van der Waals surface area contributed by atoms with E-state index >= 15 is 0 Å². The zero-order valence-electron chi connectivity index (χ0n) is 13.9. The lowest BCUT2D eigenvalue weighted by Gasteiger charge is -2.23. The lowest BCUT2D eigenvalue weighted by atomic mass is 9.84. The maximum atomic E-state index is 3.39. The number of hydrogen-bond donors (Lipinski definition) is 1. The standard InChI is InChI=1S/C19H33N/c1-5-7-11-17(6-2)13-18(15-20-4)14-19-12-9-8-10-16(19)3/h8-10,12,17-18,20H,5-7,11,13-15H2,1-4H3. The smallest absolute Gasteiger partial charge is 0.00202 e. The van der Waals surface area contributed by atoms with Gasteiger partial charge in [0.05, 0.1) is 0 Å². The van der Waals surface area contributed by atoms with Crippen LogP contribution in [0.15, 0.2) is 24.3 Å². The summed E-state index contributed by atoms with van der Waals surface area (Å²) in [4.78, 5) is 0. The Balaban J connectivity index is 2.61. The van der Waals surface area contributed by atoms with E-state index in [0.717, 1.165) is 18.4 Å². The highest BCUT2D eigenvalue weighted by atomic mass is 14.8. The van der Waals surface area contributed by atoms with Crippen LogP contribution in [0.25, 0.3) is 0 Å². The molecule has 1 heteroatoms. The monoisotopic (exact) mass is 275 g/mol. The van der Waals surface area contributed by atoms with E-state index in [0.29, 0.717) is 0 Å². The van der Waals surface area contributed by atoms with Crippen molar-refractivity contribution in [3.05, 3.63) is 35.4 Å². The van der Waals surface area contributed by atoms with Crippen LogP contribution in [-0.4, -0.2) is 13.6 Å². The molecule has 0 amide bonds. The highest BCUT2D eigenvalue weighted by molar-refractivity contribution is 5.25. The van der Waals surface area contributed by atoms with E-state index in [9.17, 15) is 0 Å². The fraction of sp³-hybridized carbons (Fsp3) is 0.684. The highest BCUT2D eigenvalue weighted by Gasteiger charge is 2.16. The highest BCUT2D eigenvalue weighted by Crippen LogP contribution is 2.24. The first kappa shape index (κ1) is 17.2. The van der Waals surface area contributed by atoms with Crippen LogP contribution >= 0.6 is 0 Å². The Morgan fingerprint density at radius 1 is 1.10 bits per heavy atom. The van der Waals surface area contributed by atoms with Crippen molar-refractivity contribution in [2.75, 3.05) is 13.6 Å². The average Bonchev–Trinajstić information content (AvgIpc) is 2.46. The summed E-state index contributed by atoms with van der Waals surface area (Å²) in [6, 6.07) is 8.85. The van der Waals surface area contributed by atoms with E-state index in [1.165, 1.54) is 49.7 Å². The quantitative estimate of drug-likeness (QED) is 0.635. The zero-order chi connectivity index (χ0) is 14.8. The van der Waals surface area contributed by atoms with E-state index in [1.54, 1.807) is 0 Å². The van der Waals surface area contributed by atoms with Crippen LogP contribution in [0.2, 0.25) is 0 Å². The molecule has 0 aliphatic carbocycles. The summed E-state index contributed by atoms with van der Waals surface area (Å²) in [5, 5.41) is 3.39. The molecule has 1 nitrogen and oxygen atoms in total. The van der Waals surface area contributed by atoms with Crippen molar-refractivity contribution < 1.29 is 0 Å². The number of benzene rings is 1. The van der Waals surface area contributed by atoms with Crippen LogP contribution in [0, 0.1) is 18.8 Å². The van der Waals surface area contributed by atoms with E-state index < -0.39 is 0 Å². The van der Waals surface area contributed by atoms with Crippen LogP contribution in [-0.2, 0) is 6.42 Å². The molecule has 20 heavy (non-hydrogen) atoms. The Labute approximate surface area is 126 Å². The zero-order valence-corrected chi connectivity index (χ0v) is 13.9. The molecule has 2 atom stereocenters. The molecule has 1 aromatic rings. The van der Waals surface area contributed by atoms with Crippen molar-refractivity contribution >= 4 is 0 Å². The van der Waals surface area contributed by atoms with E-state index in [1.807, 2.05) is 0 Å². The van der Waals surface area contributed by atoms with Gasteiger partial charge in [-0.15, -0.1) is 0 Å². The molecular weight excluding hydrogens is 242 g/mol. The van der Waals surface area contributed by atoms with Crippen molar-refractivity contribution in [3.8, 4) is 0 Å². The van der Waals surface area contributed by atoms with Crippen LogP contribution in [0.5, 0.6) is 0 Å². The summed E-state index contributed by atoms with van der Waals surface area (Å²) in [5.74, 6) is 1.67. The molecule has 1 N–H and O–H groups in total. The molecule has 0 saturated carbocycles. The Morgan fingerprint density at radius 3 is 2.45 bits per heavy atom. The molecular formula is C19H33N. The lowest BCUT2D eigenvalue weighted by Crippen LogP contribution is -2.23. The second-order valence-electron chi connectivity index (χ2n) is 6.21. The maximum Gasteiger partial charge on any atom is -0.00202 e. The summed E-state index contributed by atoms with van der Waals surface area (Å²) in [6.45, 7) is 8.02. The van der Waals surface area contributed by atoms with Gasteiger partial charge in [0.1, 0.15) is 0 Å². The lowest BCUT2D eigenvalue weighted by molar-refractivity contribution is 0.329. The SMILES string of the molecule is CCCCC(CC)CC(CNC)Cc1ccccc1C. The van der Waals surface area contributed by atoms with Gasteiger partial charge in [-0.05, 0) is 56.3 Å². The second kappa shape index (κ2) is 9.99. The van der Waals surface area contributed by atoms with Crippen molar-refractivity contribution in [1.82, 2.24) is 5.32 Å². The van der Waals surface area contributed by atoms with Crippen LogP contribution in [0.3, 0.4) is 0 Å². The first-order valence-electron chi connectivity index (χ1n) is 8.40. The van der Waals surface area contributed by atoms with Gasteiger partial charge in [0, 0.05) is 0 Å². The van der Waals surface area contributed by atoms with Crippen molar-refractivity contribution in [3.63, 3.8) is 0 Å². The summed E-state index contributed by atoms with van der Waals surface area (Å²) >= 11 is 0. The van der Waals surface area contributed by atoms with Crippen LogP contribution in [0.4, 0.5) is 0 Å². The molecule has 1 aromatic carbocycles. The second-order valence-corrected chi connectivity index (χ2v) is 6.21. The number of aryl methyl sites for hydroxylation is 1. The normalized spacial score (nSPS) is 14.2. The van der Waals surface area contributed by atoms with Crippen LogP contribution in [0.1, 0.15) is 57.1 Å². The third-order valence-corrected chi connectivity index (χ3v) is 4.47. The largest absolute Gasteiger partial charge is 0.319 e. The van der Waals surface area contributed by atoms with Gasteiger partial charge in [-0.2, -0.15) is 0 Å². The Bertz CT molecular complexity index is 359. The fourth-order valence-corrected chi connectivity index (χ4v) is 3.13. The first-order chi connectivity index (χ1) is 9.71. The number of unbranched alkanes of at least 4 members (excludes halogenated alkanes) is 1. The Morgan fingerprint density at radius 2 is 1.85 bits per heavy atom. The minimum Gasteiger partial charge on any atom is -0.319 e. The molecule has 0 aliphatic rings. The first-order valence-corrected chi connectivity index (χ1v) is 8.40. The van der Waals surface area contributed by atoms with Gasteiger partial charge in [0.15, 0.2) is 0 Å². The maximum absolute atomic E-state index is 3.39. The Kier molecular flexibility index (Phi) is 8.60. The molecule has 114 valence electrons. The van der Waals surface area contributed by atoms with Gasteiger partial charge in [0.2, 0.25) is 0 Å². The van der Waals surface area contributed by atoms with E-state index in [4.69, 9.17) is 0 Å². The van der Waals surface area contributed by atoms with Gasteiger partial charge in [-0.3, -0.25) is 0 Å². The van der Waals surface area contributed by atoms with Gasteiger partial charge < -0.3 is 5.32 Å². The number of rotatable bonds is 10.